The van der Waals surface area contributed by atoms with Gasteiger partial charge in [0, 0.05) is 13.5 Å². The first-order chi connectivity index (χ1) is 13.3. The van der Waals surface area contributed by atoms with Crippen molar-refractivity contribution in [1.82, 2.24) is 4.57 Å². The second-order valence-corrected chi connectivity index (χ2v) is 9.15. The standard InChI is InChI=1S/C19H19FN2O4S2/c1-3-26-14-6-9-16-17(12-14)27-19(22(16)2)21-18(23)10-11-28(24,25)15-7-4-13(20)5-8-15/h4-9,12H,3,10-11H2,1-2H3. The SMILES string of the molecule is CCOc1ccc2c(c1)sc(=NC(=O)CCS(=O)(=O)c1ccc(F)cc1)n2C. The minimum atomic E-state index is -3.68. The van der Waals surface area contributed by atoms with Gasteiger partial charge in [-0.25, -0.2) is 12.8 Å². The molecule has 0 aliphatic carbocycles. The van der Waals surface area contributed by atoms with Crippen LogP contribution in [-0.2, 0) is 21.7 Å². The average molecular weight is 423 g/mol. The molecule has 3 aromatic rings. The van der Waals surface area contributed by atoms with Crippen molar-refractivity contribution in [3.05, 3.63) is 53.1 Å². The zero-order valence-corrected chi connectivity index (χ0v) is 17.0. The van der Waals surface area contributed by atoms with Crippen molar-refractivity contribution in [2.45, 2.75) is 18.2 Å². The second-order valence-electron chi connectivity index (χ2n) is 6.03. The lowest BCUT2D eigenvalue weighted by Crippen LogP contribution is -2.15. The van der Waals surface area contributed by atoms with Gasteiger partial charge in [0.05, 0.1) is 27.5 Å². The maximum absolute atomic E-state index is 13.0. The van der Waals surface area contributed by atoms with Crippen LogP contribution in [0.2, 0.25) is 0 Å². The van der Waals surface area contributed by atoms with E-state index in [1.807, 2.05) is 25.1 Å². The Kier molecular flexibility index (Phi) is 5.95. The largest absolute Gasteiger partial charge is 0.494 e. The molecule has 0 fully saturated rings. The van der Waals surface area contributed by atoms with Crippen LogP contribution >= 0.6 is 11.3 Å². The summed E-state index contributed by atoms with van der Waals surface area (Å²) in [6.45, 7) is 2.46. The lowest BCUT2D eigenvalue weighted by molar-refractivity contribution is -0.117. The highest BCUT2D eigenvalue weighted by atomic mass is 32.2. The van der Waals surface area contributed by atoms with E-state index >= 15 is 0 Å². The molecule has 0 N–H and O–H groups in total. The lowest BCUT2D eigenvalue weighted by Gasteiger charge is -2.02. The van der Waals surface area contributed by atoms with Gasteiger partial charge in [-0.05, 0) is 49.4 Å². The molecule has 148 valence electrons. The zero-order valence-electron chi connectivity index (χ0n) is 15.4. The Balaban J connectivity index is 1.78. The third-order valence-corrected chi connectivity index (χ3v) is 6.90. The van der Waals surface area contributed by atoms with Crippen molar-refractivity contribution in [3.8, 4) is 5.75 Å². The highest BCUT2D eigenvalue weighted by Gasteiger charge is 2.16. The number of aryl methyl sites for hydroxylation is 1. The van der Waals surface area contributed by atoms with Gasteiger partial charge in [-0.2, -0.15) is 4.99 Å². The molecule has 0 unspecified atom stereocenters. The summed E-state index contributed by atoms with van der Waals surface area (Å²) < 4.78 is 45.7. The molecular formula is C19H19FN2O4S2. The van der Waals surface area contributed by atoms with Gasteiger partial charge in [0.25, 0.3) is 0 Å². The Morgan fingerprint density at radius 3 is 2.61 bits per heavy atom. The van der Waals surface area contributed by atoms with Crippen molar-refractivity contribution in [2.75, 3.05) is 12.4 Å². The molecule has 2 aromatic carbocycles. The van der Waals surface area contributed by atoms with Gasteiger partial charge >= 0.3 is 0 Å². The van der Waals surface area contributed by atoms with Crippen LogP contribution in [0.25, 0.3) is 10.2 Å². The van der Waals surface area contributed by atoms with Gasteiger partial charge in [0.1, 0.15) is 11.6 Å². The minimum Gasteiger partial charge on any atom is -0.494 e. The number of carbonyl (C=O) groups excluding carboxylic acids is 1. The number of benzene rings is 2. The molecule has 0 radical (unpaired) electrons. The Bertz CT molecular complexity index is 1180. The third-order valence-electron chi connectivity index (χ3n) is 4.07. The molecule has 0 spiro atoms. The number of carbonyl (C=O) groups is 1. The van der Waals surface area contributed by atoms with Crippen molar-refractivity contribution >= 4 is 37.3 Å². The topological polar surface area (TPSA) is 77.7 Å². The molecule has 1 amide bonds. The fourth-order valence-corrected chi connectivity index (χ4v) is 4.92. The van der Waals surface area contributed by atoms with Crippen LogP contribution in [0, 0.1) is 5.82 Å². The summed E-state index contributed by atoms with van der Waals surface area (Å²) >= 11 is 1.33. The van der Waals surface area contributed by atoms with E-state index in [4.69, 9.17) is 4.74 Å². The number of rotatable bonds is 6. The molecular weight excluding hydrogens is 403 g/mol. The van der Waals surface area contributed by atoms with Gasteiger partial charge in [0.15, 0.2) is 14.6 Å². The summed E-state index contributed by atoms with van der Waals surface area (Å²) in [4.78, 5) is 16.7. The Morgan fingerprint density at radius 1 is 1.21 bits per heavy atom. The van der Waals surface area contributed by atoms with Crippen molar-refractivity contribution in [2.24, 2.45) is 12.0 Å². The van der Waals surface area contributed by atoms with Crippen LogP contribution in [-0.4, -0.2) is 31.3 Å². The van der Waals surface area contributed by atoms with Crippen LogP contribution in [0.5, 0.6) is 5.75 Å². The van der Waals surface area contributed by atoms with Crippen LogP contribution < -0.4 is 9.54 Å². The molecule has 0 aliphatic heterocycles. The highest BCUT2D eigenvalue weighted by Crippen LogP contribution is 2.22. The van der Waals surface area contributed by atoms with Crippen molar-refractivity contribution in [3.63, 3.8) is 0 Å². The van der Waals surface area contributed by atoms with Gasteiger partial charge in [-0.3, -0.25) is 4.79 Å². The maximum atomic E-state index is 13.0. The molecule has 9 heteroatoms. The van der Waals surface area contributed by atoms with Gasteiger partial charge in [0.2, 0.25) is 5.91 Å². The van der Waals surface area contributed by atoms with E-state index in [-0.39, 0.29) is 17.1 Å². The van der Waals surface area contributed by atoms with Gasteiger partial charge in [-0.15, -0.1) is 0 Å². The molecule has 1 heterocycles. The lowest BCUT2D eigenvalue weighted by atomic mass is 10.3. The number of aromatic nitrogens is 1. The first kappa shape index (κ1) is 20.2. The van der Waals surface area contributed by atoms with Crippen LogP contribution in [0.3, 0.4) is 0 Å². The molecule has 6 nitrogen and oxygen atoms in total. The van der Waals surface area contributed by atoms with Crippen molar-refractivity contribution < 1.29 is 22.3 Å². The molecule has 0 bridgehead atoms. The summed E-state index contributed by atoms with van der Waals surface area (Å²) in [6, 6.07) is 10.1. The highest BCUT2D eigenvalue weighted by molar-refractivity contribution is 7.91. The smallest absolute Gasteiger partial charge is 0.249 e. The van der Waals surface area contributed by atoms with E-state index in [0.29, 0.717) is 11.4 Å². The second kappa shape index (κ2) is 8.24. The fourth-order valence-electron chi connectivity index (χ4n) is 2.62. The summed E-state index contributed by atoms with van der Waals surface area (Å²) in [6.07, 6.45) is -0.252. The maximum Gasteiger partial charge on any atom is 0.249 e. The quantitative estimate of drug-likeness (QED) is 0.572. The Hall–Kier alpha value is -2.52. The number of sulfone groups is 1. The third kappa shape index (κ3) is 4.48. The van der Waals surface area contributed by atoms with Gasteiger partial charge in [-0.1, -0.05) is 11.3 Å². The molecule has 3 rings (SSSR count). The van der Waals surface area contributed by atoms with E-state index in [9.17, 15) is 17.6 Å². The number of thiazole rings is 1. The molecule has 0 aliphatic rings. The predicted octanol–water partition coefficient (Wildman–Crippen LogP) is 3.07. The number of fused-ring (bicyclic) bond motifs is 1. The van der Waals surface area contributed by atoms with Crippen LogP contribution in [0.4, 0.5) is 4.39 Å². The number of hydrogen-bond donors (Lipinski definition) is 0. The monoisotopic (exact) mass is 422 g/mol. The Morgan fingerprint density at radius 2 is 1.93 bits per heavy atom. The number of halogens is 1. The van der Waals surface area contributed by atoms with E-state index in [2.05, 4.69) is 4.99 Å². The minimum absolute atomic E-state index is 0.0161. The van der Waals surface area contributed by atoms with Crippen molar-refractivity contribution in [1.29, 1.82) is 0 Å². The molecule has 0 saturated carbocycles. The van der Waals surface area contributed by atoms with E-state index in [1.54, 1.807) is 11.6 Å². The van der Waals surface area contributed by atoms with Crippen LogP contribution in [0.15, 0.2) is 52.4 Å². The predicted molar refractivity (Wildman–Crippen MR) is 106 cm³/mol. The summed E-state index contributed by atoms with van der Waals surface area (Å²) in [5.74, 6) is -0.697. The van der Waals surface area contributed by atoms with E-state index in [1.165, 1.54) is 23.5 Å². The summed E-state index contributed by atoms with van der Waals surface area (Å²) in [5.41, 5.74) is 0.902. The average Bonchev–Trinajstić information content (AvgIpc) is 2.96. The Labute approximate surface area is 165 Å². The molecule has 1 aromatic heterocycles. The number of nitrogens with zero attached hydrogens (tertiary/aromatic N) is 2. The first-order valence-corrected chi connectivity index (χ1v) is 11.1. The van der Waals surface area contributed by atoms with Crippen LogP contribution in [0.1, 0.15) is 13.3 Å². The zero-order chi connectivity index (χ0) is 20.3. The fraction of sp³-hybridized carbons (Fsp3) is 0.263. The number of hydrogen-bond acceptors (Lipinski definition) is 5. The van der Waals surface area contributed by atoms with E-state index < -0.39 is 21.6 Å². The molecule has 0 atom stereocenters. The number of ether oxygens (including phenoxy) is 1. The molecule has 28 heavy (non-hydrogen) atoms. The van der Waals surface area contributed by atoms with Gasteiger partial charge < -0.3 is 9.30 Å². The van der Waals surface area contributed by atoms with E-state index in [0.717, 1.165) is 28.1 Å². The molecule has 0 saturated heterocycles. The number of amides is 1. The summed E-state index contributed by atoms with van der Waals surface area (Å²) in [7, 11) is -1.89. The first-order valence-electron chi connectivity index (χ1n) is 8.58. The normalized spacial score (nSPS) is 12.5. The summed E-state index contributed by atoms with van der Waals surface area (Å²) in [5, 5.41) is 0.